The molecule has 0 unspecified atom stereocenters. The van der Waals surface area contributed by atoms with E-state index in [9.17, 15) is 9.59 Å². The van der Waals surface area contributed by atoms with Crippen molar-refractivity contribution in [1.29, 1.82) is 0 Å². The molecular weight excluding hydrogens is 313 g/mol. The van der Waals surface area contributed by atoms with Crippen molar-refractivity contribution in [3.8, 4) is 0 Å². The number of aromatic amines is 1. The molecule has 4 rings (SSSR count). The monoisotopic (exact) mass is 333 g/mol. The smallest absolute Gasteiger partial charge is 0.329 e. The lowest BCUT2D eigenvalue weighted by Crippen LogP contribution is -2.38. The second-order valence-corrected chi connectivity index (χ2v) is 6.60. The van der Waals surface area contributed by atoms with Gasteiger partial charge < -0.3 is 9.64 Å². The normalized spacial score (nSPS) is 18.4. The Labute approximate surface area is 137 Å². The van der Waals surface area contributed by atoms with Crippen LogP contribution in [-0.2, 0) is 4.74 Å². The van der Waals surface area contributed by atoms with Crippen molar-refractivity contribution >= 4 is 16.6 Å². The first-order chi connectivity index (χ1) is 11.5. The fourth-order valence-corrected chi connectivity index (χ4v) is 3.67. The van der Waals surface area contributed by atoms with E-state index in [0.29, 0.717) is 48.6 Å². The Balaban J connectivity index is 2.10. The number of ether oxygens (including phenoxy) is 1. The molecule has 1 aromatic carbocycles. The van der Waals surface area contributed by atoms with Crippen LogP contribution in [0.15, 0.2) is 9.59 Å². The van der Waals surface area contributed by atoms with Gasteiger partial charge in [-0.1, -0.05) is 0 Å². The molecule has 128 valence electrons. The molecule has 1 N–H and O–H groups in total. The first-order valence-electron chi connectivity index (χ1n) is 8.30. The Kier molecular flexibility index (Phi) is 3.49. The average Bonchev–Trinajstić information content (AvgIpc) is 3.38. The number of aryl methyl sites for hydroxylation is 2. The Morgan fingerprint density at radius 2 is 1.79 bits per heavy atom. The summed E-state index contributed by atoms with van der Waals surface area (Å²) in [6.07, 6.45) is 1.81. The van der Waals surface area contributed by atoms with Gasteiger partial charge in [0.05, 0.1) is 29.8 Å². The van der Waals surface area contributed by atoms with E-state index in [4.69, 9.17) is 4.74 Å². The lowest BCUT2D eigenvalue weighted by molar-refractivity contribution is 0.122. The summed E-state index contributed by atoms with van der Waals surface area (Å²) in [5.41, 5.74) is 1.10. The summed E-state index contributed by atoms with van der Waals surface area (Å²) in [7, 11) is 0. The standard InChI is InChI=1S/C17H20FN3O3/c1-9-12-14(21(11-3-4-11)17(23)19-16(12)22)10(2)15(13(9)18)20-5-7-24-8-6-20/h11H,3-8H2,1-2H3,(H,19,22,23). The maximum atomic E-state index is 15.1. The number of rotatable bonds is 2. The predicted octanol–water partition coefficient (Wildman–Crippen LogP) is 1.62. The first kappa shape index (κ1) is 15.4. The molecule has 7 heteroatoms. The third-order valence-corrected chi connectivity index (χ3v) is 5.01. The summed E-state index contributed by atoms with van der Waals surface area (Å²) in [4.78, 5) is 29.0. The summed E-state index contributed by atoms with van der Waals surface area (Å²) in [6.45, 7) is 5.69. The third-order valence-electron chi connectivity index (χ3n) is 5.01. The second-order valence-electron chi connectivity index (χ2n) is 6.60. The number of hydrogen-bond donors (Lipinski definition) is 1. The third kappa shape index (κ3) is 2.18. The summed E-state index contributed by atoms with van der Waals surface area (Å²) in [5.74, 6) is -0.381. The predicted molar refractivity (Wildman–Crippen MR) is 89.6 cm³/mol. The van der Waals surface area contributed by atoms with E-state index < -0.39 is 11.2 Å². The quantitative estimate of drug-likeness (QED) is 0.907. The number of hydrogen-bond acceptors (Lipinski definition) is 4. The van der Waals surface area contributed by atoms with Crippen molar-refractivity contribution in [2.45, 2.75) is 32.7 Å². The SMILES string of the molecule is Cc1c(F)c(N2CCOCC2)c(C)c2c1c(=O)[nH]c(=O)n2C1CC1. The highest BCUT2D eigenvalue weighted by Crippen LogP contribution is 2.39. The van der Waals surface area contributed by atoms with E-state index >= 15 is 4.39 Å². The minimum absolute atomic E-state index is 0.0953. The number of H-pyrrole nitrogens is 1. The Morgan fingerprint density at radius 1 is 1.12 bits per heavy atom. The van der Waals surface area contributed by atoms with E-state index in [1.165, 1.54) is 0 Å². The fourth-order valence-electron chi connectivity index (χ4n) is 3.67. The van der Waals surface area contributed by atoms with E-state index in [2.05, 4.69) is 4.98 Å². The molecule has 2 aromatic rings. The van der Waals surface area contributed by atoms with Gasteiger partial charge in [0.15, 0.2) is 5.82 Å². The molecule has 1 saturated heterocycles. The van der Waals surface area contributed by atoms with Crippen LogP contribution in [0.25, 0.3) is 10.9 Å². The number of nitrogens with zero attached hydrogens (tertiary/aromatic N) is 2. The van der Waals surface area contributed by atoms with E-state index in [-0.39, 0.29) is 17.2 Å². The minimum Gasteiger partial charge on any atom is -0.378 e. The van der Waals surface area contributed by atoms with Gasteiger partial charge in [-0.05, 0) is 26.7 Å². The summed E-state index contributed by atoms with van der Waals surface area (Å²) < 4.78 is 22.1. The molecule has 1 aliphatic carbocycles. The lowest BCUT2D eigenvalue weighted by Gasteiger charge is -2.31. The van der Waals surface area contributed by atoms with Crippen LogP contribution in [-0.4, -0.2) is 35.9 Å². The highest BCUT2D eigenvalue weighted by Gasteiger charge is 2.31. The highest BCUT2D eigenvalue weighted by molar-refractivity contribution is 5.90. The van der Waals surface area contributed by atoms with Gasteiger partial charge in [-0.2, -0.15) is 0 Å². The summed E-state index contributed by atoms with van der Waals surface area (Å²) >= 11 is 0. The summed E-state index contributed by atoms with van der Waals surface area (Å²) in [5, 5.41) is 0.286. The van der Waals surface area contributed by atoms with Crippen molar-refractivity contribution in [2.75, 3.05) is 31.2 Å². The fraction of sp³-hybridized carbons (Fsp3) is 0.529. The molecule has 0 spiro atoms. The van der Waals surface area contributed by atoms with Crippen molar-refractivity contribution in [1.82, 2.24) is 9.55 Å². The zero-order valence-corrected chi connectivity index (χ0v) is 13.8. The van der Waals surface area contributed by atoms with E-state index in [1.54, 1.807) is 18.4 Å². The zero-order chi connectivity index (χ0) is 17.0. The van der Waals surface area contributed by atoms with Crippen LogP contribution in [0.5, 0.6) is 0 Å². The van der Waals surface area contributed by atoms with Gasteiger partial charge in [0.2, 0.25) is 0 Å². The number of aromatic nitrogens is 2. The van der Waals surface area contributed by atoms with Gasteiger partial charge in [0.1, 0.15) is 0 Å². The van der Waals surface area contributed by atoms with Crippen molar-refractivity contribution in [2.24, 2.45) is 0 Å². The summed E-state index contributed by atoms with van der Waals surface area (Å²) in [6, 6.07) is 0.0953. The number of fused-ring (bicyclic) bond motifs is 1. The van der Waals surface area contributed by atoms with Crippen LogP contribution in [0.2, 0.25) is 0 Å². The number of benzene rings is 1. The molecule has 0 amide bonds. The largest absolute Gasteiger partial charge is 0.378 e. The Morgan fingerprint density at radius 3 is 2.42 bits per heavy atom. The van der Waals surface area contributed by atoms with Gasteiger partial charge in [0.25, 0.3) is 5.56 Å². The molecular formula is C17H20FN3O3. The molecule has 2 aliphatic rings. The molecule has 0 atom stereocenters. The molecule has 1 aliphatic heterocycles. The number of anilines is 1. The van der Waals surface area contributed by atoms with E-state index in [1.807, 2.05) is 4.90 Å². The second kappa shape index (κ2) is 5.44. The maximum absolute atomic E-state index is 15.1. The van der Waals surface area contributed by atoms with Gasteiger partial charge in [-0.25, -0.2) is 9.18 Å². The maximum Gasteiger partial charge on any atom is 0.329 e. The molecule has 24 heavy (non-hydrogen) atoms. The molecule has 0 bridgehead atoms. The van der Waals surface area contributed by atoms with Crippen LogP contribution < -0.4 is 16.1 Å². The topological polar surface area (TPSA) is 67.3 Å². The molecule has 2 fully saturated rings. The number of morpholine rings is 1. The number of halogens is 1. The van der Waals surface area contributed by atoms with Crippen molar-refractivity contribution in [3.05, 3.63) is 37.8 Å². The van der Waals surface area contributed by atoms with Crippen LogP contribution in [0.3, 0.4) is 0 Å². The van der Waals surface area contributed by atoms with Crippen molar-refractivity contribution < 1.29 is 9.13 Å². The Bertz CT molecular complexity index is 937. The molecule has 1 saturated carbocycles. The average molecular weight is 333 g/mol. The van der Waals surface area contributed by atoms with Crippen molar-refractivity contribution in [3.63, 3.8) is 0 Å². The van der Waals surface area contributed by atoms with Gasteiger partial charge in [-0.3, -0.25) is 14.3 Å². The lowest BCUT2D eigenvalue weighted by atomic mass is 10.0. The molecule has 2 heterocycles. The first-order valence-corrected chi connectivity index (χ1v) is 8.30. The van der Waals surface area contributed by atoms with E-state index in [0.717, 1.165) is 12.8 Å². The van der Waals surface area contributed by atoms with Gasteiger partial charge >= 0.3 is 5.69 Å². The van der Waals surface area contributed by atoms with Crippen LogP contribution >= 0.6 is 0 Å². The minimum atomic E-state index is -0.514. The highest BCUT2D eigenvalue weighted by atomic mass is 19.1. The van der Waals surface area contributed by atoms with Crippen LogP contribution in [0.1, 0.15) is 30.0 Å². The molecule has 6 nitrogen and oxygen atoms in total. The van der Waals surface area contributed by atoms with Gasteiger partial charge in [0, 0.05) is 30.3 Å². The van der Waals surface area contributed by atoms with Crippen LogP contribution in [0, 0.1) is 19.7 Å². The zero-order valence-electron chi connectivity index (χ0n) is 13.8. The number of nitrogens with one attached hydrogen (secondary N) is 1. The Hall–Kier alpha value is -2.15. The van der Waals surface area contributed by atoms with Gasteiger partial charge in [-0.15, -0.1) is 0 Å². The van der Waals surface area contributed by atoms with Crippen LogP contribution in [0.4, 0.5) is 10.1 Å². The molecule has 1 aromatic heterocycles. The molecule has 0 radical (unpaired) electrons.